The van der Waals surface area contributed by atoms with E-state index in [2.05, 4.69) is 89.2 Å². The summed E-state index contributed by atoms with van der Waals surface area (Å²) in [6, 6.07) is 30.1. The molecule has 0 aliphatic carbocycles. The average Bonchev–Trinajstić information content (AvgIpc) is 3.43. The molecule has 3 heterocycles. The predicted molar refractivity (Wildman–Crippen MR) is 117 cm³/mol. The van der Waals surface area contributed by atoms with Gasteiger partial charge in [0.1, 0.15) is 5.75 Å². The molecule has 3 nitrogen and oxygen atoms in total. The van der Waals surface area contributed by atoms with E-state index < -0.39 is 0 Å². The molecule has 0 bridgehead atoms. The van der Waals surface area contributed by atoms with Gasteiger partial charge in [0.15, 0.2) is 6.10 Å². The number of hydrogen-bond donors (Lipinski definition) is 2. The molecule has 0 saturated heterocycles. The second-order valence-corrected chi connectivity index (χ2v) is 7.87. The van der Waals surface area contributed by atoms with Crippen LogP contribution >= 0.6 is 0 Å². The van der Waals surface area contributed by atoms with Gasteiger partial charge in [0.2, 0.25) is 0 Å². The fraction of sp³-hybridized carbons (Fsp3) is 0.0769. The van der Waals surface area contributed by atoms with Gasteiger partial charge >= 0.3 is 0 Å². The molecule has 2 atom stereocenters. The first-order chi connectivity index (χ1) is 14.4. The molecule has 0 amide bonds. The van der Waals surface area contributed by atoms with Crippen molar-refractivity contribution in [2.45, 2.75) is 12.1 Å². The average molecular weight is 374 g/mol. The summed E-state index contributed by atoms with van der Waals surface area (Å²) in [7, 11) is 0. The molecule has 138 valence electrons. The highest BCUT2D eigenvalue weighted by molar-refractivity contribution is 6.12. The number of hydrogen-bond acceptors (Lipinski definition) is 2. The van der Waals surface area contributed by atoms with Gasteiger partial charge in [-0.3, -0.25) is 0 Å². The van der Waals surface area contributed by atoms with Crippen molar-refractivity contribution in [2.24, 2.45) is 0 Å². The van der Waals surface area contributed by atoms with Crippen molar-refractivity contribution in [1.29, 1.82) is 0 Å². The van der Waals surface area contributed by atoms with Gasteiger partial charge < -0.3 is 15.0 Å². The van der Waals surface area contributed by atoms with E-state index in [0.717, 1.165) is 5.75 Å². The number of ether oxygens (including phenoxy) is 1. The highest BCUT2D eigenvalue weighted by Gasteiger charge is 2.42. The summed E-state index contributed by atoms with van der Waals surface area (Å²) >= 11 is 0. The second kappa shape index (κ2) is 5.42. The van der Waals surface area contributed by atoms with E-state index in [4.69, 9.17) is 4.74 Å². The van der Waals surface area contributed by atoms with Crippen molar-refractivity contribution in [3.05, 3.63) is 96.1 Å². The quantitative estimate of drug-likeness (QED) is 0.347. The summed E-state index contributed by atoms with van der Waals surface area (Å²) in [6.07, 6.45) is 0.0317. The number of aromatic nitrogens is 1. The second-order valence-electron chi connectivity index (χ2n) is 7.87. The summed E-state index contributed by atoms with van der Waals surface area (Å²) in [6.45, 7) is 0. The fourth-order valence-electron chi connectivity index (χ4n) is 5.06. The maximum atomic E-state index is 6.31. The molecule has 0 spiro atoms. The van der Waals surface area contributed by atoms with Crippen LogP contribution in [0, 0.1) is 0 Å². The zero-order chi connectivity index (χ0) is 18.9. The Bertz CT molecular complexity index is 1430. The van der Waals surface area contributed by atoms with Gasteiger partial charge in [0.05, 0.1) is 11.6 Å². The van der Waals surface area contributed by atoms with Crippen LogP contribution in [0.3, 0.4) is 0 Å². The summed E-state index contributed by atoms with van der Waals surface area (Å²) in [4.78, 5) is 3.64. The summed E-state index contributed by atoms with van der Waals surface area (Å²) in [5, 5.41) is 6.30. The molecule has 2 aliphatic heterocycles. The number of H-pyrrole nitrogens is 1. The standard InChI is InChI=1S/C26H18N2O/c1-3-13-21-15(7-1)16-9-5-10-17(23(16)27-21)18-11-6-12-20-24(18)28-25-19-8-2-4-14-22(19)29-26(20)25/h1-14,25-28H. The van der Waals surface area contributed by atoms with E-state index in [1.807, 2.05) is 6.07 Å². The lowest BCUT2D eigenvalue weighted by molar-refractivity contribution is 0.228. The molecular formula is C26H18N2O. The monoisotopic (exact) mass is 374 g/mol. The van der Waals surface area contributed by atoms with Crippen molar-refractivity contribution in [3.8, 4) is 16.9 Å². The number of benzene rings is 4. The zero-order valence-electron chi connectivity index (χ0n) is 15.6. The van der Waals surface area contributed by atoms with Crippen LogP contribution in [0.15, 0.2) is 84.9 Å². The molecule has 7 rings (SSSR count). The van der Waals surface area contributed by atoms with Gasteiger partial charge in [-0.25, -0.2) is 0 Å². The maximum absolute atomic E-state index is 6.31. The largest absolute Gasteiger partial charge is 0.483 e. The van der Waals surface area contributed by atoms with Crippen molar-refractivity contribution < 1.29 is 4.74 Å². The Hall–Kier alpha value is -3.72. The van der Waals surface area contributed by atoms with Crippen LogP contribution in [0.4, 0.5) is 5.69 Å². The predicted octanol–water partition coefficient (Wildman–Crippen LogP) is 6.59. The molecule has 29 heavy (non-hydrogen) atoms. The Morgan fingerprint density at radius 1 is 0.655 bits per heavy atom. The Morgan fingerprint density at radius 2 is 1.41 bits per heavy atom. The minimum absolute atomic E-state index is 0.0317. The maximum Gasteiger partial charge on any atom is 0.150 e. The zero-order valence-corrected chi connectivity index (χ0v) is 15.6. The smallest absolute Gasteiger partial charge is 0.150 e. The van der Waals surface area contributed by atoms with E-state index in [1.54, 1.807) is 0 Å². The lowest BCUT2D eigenvalue weighted by Crippen LogP contribution is -2.07. The topological polar surface area (TPSA) is 37.0 Å². The third-order valence-corrected chi connectivity index (χ3v) is 6.35. The molecule has 2 N–H and O–H groups in total. The molecule has 5 aromatic rings. The highest BCUT2D eigenvalue weighted by atomic mass is 16.5. The van der Waals surface area contributed by atoms with Crippen molar-refractivity contribution in [2.75, 3.05) is 5.32 Å². The molecule has 1 aromatic heterocycles. The number of rotatable bonds is 1. The van der Waals surface area contributed by atoms with Gasteiger partial charge in [-0.2, -0.15) is 0 Å². The van der Waals surface area contributed by atoms with Crippen LogP contribution in [-0.4, -0.2) is 4.98 Å². The number of nitrogens with one attached hydrogen (secondary N) is 2. The molecule has 3 heteroatoms. The SMILES string of the molecule is c1ccc2c(c1)OC1c3cccc(-c4cccc5c4[nH]c4ccccc45)c3NC21. The van der Waals surface area contributed by atoms with E-state index in [9.17, 15) is 0 Å². The highest BCUT2D eigenvalue weighted by Crippen LogP contribution is 2.54. The molecule has 0 radical (unpaired) electrons. The Balaban J connectivity index is 1.44. The number of para-hydroxylation sites is 4. The van der Waals surface area contributed by atoms with Gasteiger partial charge in [-0.05, 0) is 12.1 Å². The first kappa shape index (κ1) is 15.2. The number of fused-ring (bicyclic) bond motifs is 8. The van der Waals surface area contributed by atoms with Gasteiger partial charge in [0, 0.05) is 44.2 Å². The molecule has 0 fully saturated rings. The van der Waals surface area contributed by atoms with Gasteiger partial charge in [-0.15, -0.1) is 0 Å². The first-order valence-corrected chi connectivity index (χ1v) is 10.0. The van der Waals surface area contributed by atoms with E-state index in [-0.39, 0.29) is 12.1 Å². The number of anilines is 1. The third-order valence-electron chi connectivity index (χ3n) is 6.35. The lowest BCUT2D eigenvalue weighted by Gasteiger charge is -2.13. The Morgan fingerprint density at radius 3 is 2.41 bits per heavy atom. The van der Waals surface area contributed by atoms with Crippen LogP contribution in [-0.2, 0) is 0 Å². The van der Waals surface area contributed by atoms with Crippen LogP contribution in [0.25, 0.3) is 32.9 Å². The van der Waals surface area contributed by atoms with Crippen LogP contribution < -0.4 is 10.1 Å². The summed E-state index contributed by atoms with van der Waals surface area (Å²) in [5.41, 5.74) is 8.45. The molecule has 2 unspecified atom stereocenters. The molecule has 4 aromatic carbocycles. The van der Waals surface area contributed by atoms with Crippen molar-refractivity contribution >= 4 is 27.5 Å². The summed E-state index contributed by atoms with van der Waals surface area (Å²) in [5.74, 6) is 0.990. The first-order valence-electron chi connectivity index (χ1n) is 10.0. The lowest BCUT2D eigenvalue weighted by atomic mass is 9.97. The van der Waals surface area contributed by atoms with E-state index in [1.165, 1.54) is 49.7 Å². The van der Waals surface area contributed by atoms with Crippen LogP contribution in [0.5, 0.6) is 5.75 Å². The Labute approximate surface area is 167 Å². The fourth-order valence-corrected chi connectivity index (χ4v) is 5.06. The van der Waals surface area contributed by atoms with E-state index in [0.29, 0.717) is 0 Å². The van der Waals surface area contributed by atoms with E-state index >= 15 is 0 Å². The third kappa shape index (κ3) is 1.97. The summed E-state index contributed by atoms with van der Waals surface area (Å²) < 4.78 is 6.31. The minimum atomic E-state index is 0.0317. The van der Waals surface area contributed by atoms with Crippen LogP contribution in [0.1, 0.15) is 23.3 Å². The normalized spacial score (nSPS) is 18.9. The van der Waals surface area contributed by atoms with Gasteiger partial charge in [0.25, 0.3) is 0 Å². The molecular weight excluding hydrogens is 356 g/mol. The van der Waals surface area contributed by atoms with Crippen molar-refractivity contribution in [3.63, 3.8) is 0 Å². The van der Waals surface area contributed by atoms with Crippen LogP contribution in [0.2, 0.25) is 0 Å². The Kier molecular flexibility index (Phi) is 2.85. The van der Waals surface area contributed by atoms with Gasteiger partial charge in [-0.1, -0.05) is 72.8 Å². The number of aromatic amines is 1. The van der Waals surface area contributed by atoms with Crippen molar-refractivity contribution in [1.82, 2.24) is 4.98 Å². The molecule has 2 aliphatic rings. The minimum Gasteiger partial charge on any atom is -0.483 e. The molecule has 0 saturated carbocycles.